The summed E-state index contributed by atoms with van der Waals surface area (Å²) in [5, 5.41) is 0. The predicted molar refractivity (Wildman–Crippen MR) is 448 cm³/mol. The molecule has 3 saturated carbocycles. The van der Waals surface area contributed by atoms with Gasteiger partial charge >= 0.3 is 0 Å². The third-order valence-electron chi connectivity index (χ3n) is 22.1. The molecule has 6 aromatic carbocycles. The highest BCUT2D eigenvalue weighted by molar-refractivity contribution is 5.66. The van der Waals surface area contributed by atoms with Crippen LogP contribution in [-0.4, -0.2) is 0 Å². The quantitative estimate of drug-likeness (QED) is 0.122. The van der Waals surface area contributed by atoms with Crippen molar-refractivity contribution in [1.82, 2.24) is 0 Å². The molecule has 552 valence electrons. The van der Waals surface area contributed by atoms with Gasteiger partial charge in [0.2, 0.25) is 34.2 Å². The van der Waals surface area contributed by atoms with Gasteiger partial charge in [0, 0.05) is 123 Å². The molecule has 0 unspecified atom stereocenters. The van der Waals surface area contributed by atoms with E-state index in [0.29, 0.717) is 11.3 Å². The molecule has 3 aliphatic rings. The van der Waals surface area contributed by atoms with Crippen molar-refractivity contribution in [2.45, 2.75) is 191 Å². The Bertz CT molecular complexity index is 5450. The van der Waals surface area contributed by atoms with Gasteiger partial charge in [-0.05, 0) is 249 Å². The zero-order valence-corrected chi connectivity index (χ0v) is 66.3. The standard InChI is InChI=1S/C19H24N.2C18H22N.C16H20N.2C15H18N/c1-14-8-4-7-11-17(14)19-12-18(15(2)13-20(19)3)16-9-5-6-10-16;1-14-7-3-6-10-17(14)18-13-16(11-12-19(18)2)15-8-4-5-9-15;1-14-7-3-6-10-17(14)18-12-11-16(13-19(18)2)15-8-4-5-9-15;1-5-14-10-16(17(4)11-13(14)3)15-9-7-6-8-12(15)2;2*1-11-7-5-6-8-14(11)15-9-12(2)13(3)10-16(15)4/h4,7-8,11-13,16H,5-6,9-10H2,1-3H3;2*3,6-7,10-13,15H,4-5,8-9H2,1-2H3;6-11H,5H2,1-4H3;2*5-10H,1-4H3/q6*+1/i;;;3D3,5D2;2D3,3D3;3D3. The van der Waals surface area contributed by atoms with Crippen LogP contribution in [0.15, 0.2) is 231 Å². The summed E-state index contributed by atoms with van der Waals surface area (Å²) in [6.45, 7) is 8.69. The first-order valence-electron chi connectivity index (χ1n) is 45.5. The molecule has 0 radical (unpaired) electrons. The van der Waals surface area contributed by atoms with Crippen molar-refractivity contribution in [2.24, 2.45) is 42.3 Å². The maximum absolute atomic E-state index is 7.98. The Hall–Kier alpha value is -9.78. The molecule has 6 heterocycles. The molecule has 6 heteroatoms. The highest BCUT2D eigenvalue weighted by Gasteiger charge is 2.26. The van der Waals surface area contributed by atoms with Crippen molar-refractivity contribution in [2.75, 3.05) is 0 Å². The SMILES string of the molecule is Cc1ccccc1-c1cc(C2CCCC2)c(C)c[n+]1C.Cc1ccccc1-c1cc(C2CCCC2)cc[n+]1C.Cc1ccccc1-c1ccc(C2CCCC2)c[n+]1C.[2H]C([2H])([2H])c1c[n+](C)c(-c2ccccc2C)cc1C.[2H]C([2H])([2H])c1c[n+](C)c(-c2ccccc2C)cc1C([2H])([2H])C.[2H]C([2H])([2H])c1cc(-c2ccccc2C)[n+](C)cc1C([2H])([2H])[2H]. The zero-order chi connectivity index (χ0) is 88.2. The first-order chi connectivity index (χ1) is 57.0. The second-order valence-corrected chi connectivity index (χ2v) is 30.0. The van der Waals surface area contributed by atoms with Crippen molar-refractivity contribution in [3.63, 3.8) is 0 Å². The first kappa shape index (κ1) is 62.3. The van der Waals surface area contributed by atoms with Gasteiger partial charge in [-0.3, -0.25) is 0 Å². The number of hydrogen-bond donors (Lipinski definition) is 0. The van der Waals surface area contributed by atoms with Crippen molar-refractivity contribution >= 4 is 0 Å². The van der Waals surface area contributed by atoms with Gasteiger partial charge in [-0.1, -0.05) is 155 Å². The van der Waals surface area contributed by atoms with E-state index in [1.165, 1.54) is 175 Å². The molecule has 6 nitrogen and oxygen atoms in total. The molecule has 15 rings (SSSR count). The maximum Gasteiger partial charge on any atom is 0.212 e. The van der Waals surface area contributed by atoms with Crippen LogP contribution in [0.25, 0.3) is 67.5 Å². The largest absolute Gasteiger partial charge is 0.212 e. The van der Waals surface area contributed by atoms with Crippen LogP contribution in [0, 0.1) is 82.8 Å². The van der Waals surface area contributed by atoms with Crippen molar-refractivity contribution in [3.05, 3.63) is 320 Å². The molecule has 6 aromatic heterocycles. The molecule has 107 heavy (non-hydrogen) atoms. The summed E-state index contributed by atoms with van der Waals surface area (Å²) in [6, 6.07) is 66.3. The van der Waals surface area contributed by atoms with E-state index in [0.717, 1.165) is 62.5 Å². The second-order valence-electron chi connectivity index (χ2n) is 30.0. The average Bonchev–Trinajstić information content (AvgIpc) is 1.54. The van der Waals surface area contributed by atoms with Crippen LogP contribution >= 0.6 is 0 Å². The summed E-state index contributed by atoms with van der Waals surface area (Å²) in [5.74, 6) is 2.35. The topological polar surface area (TPSA) is 23.3 Å². The van der Waals surface area contributed by atoms with E-state index in [4.69, 9.17) is 19.2 Å². The van der Waals surface area contributed by atoms with E-state index in [2.05, 4.69) is 203 Å². The van der Waals surface area contributed by atoms with E-state index in [9.17, 15) is 0 Å². The summed E-state index contributed by atoms with van der Waals surface area (Å²) in [4.78, 5) is 0. The summed E-state index contributed by atoms with van der Waals surface area (Å²) >= 11 is 0. The van der Waals surface area contributed by atoms with E-state index >= 15 is 0 Å². The van der Waals surface area contributed by atoms with E-state index in [1.54, 1.807) is 41.1 Å². The Labute approximate surface area is 664 Å². The van der Waals surface area contributed by atoms with Gasteiger partial charge < -0.3 is 0 Å². The summed E-state index contributed by atoms with van der Waals surface area (Å²) in [7, 11) is 11.9. The van der Waals surface area contributed by atoms with Crippen LogP contribution in [0.4, 0.5) is 0 Å². The van der Waals surface area contributed by atoms with Gasteiger partial charge in [0.15, 0.2) is 37.2 Å². The van der Waals surface area contributed by atoms with Gasteiger partial charge in [0.25, 0.3) is 0 Å². The molecule has 12 aromatic rings. The highest BCUT2D eigenvalue weighted by atomic mass is 14.9. The fourth-order valence-electron chi connectivity index (χ4n) is 15.7. The van der Waals surface area contributed by atoms with Gasteiger partial charge in [0.1, 0.15) is 42.3 Å². The Morgan fingerprint density at radius 1 is 0.280 bits per heavy atom. The lowest BCUT2D eigenvalue weighted by Gasteiger charge is -2.14. The van der Waals surface area contributed by atoms with Gasteiger partial charge in [0.05, 0.1) is 0 Å². The molecule has 0 atom stereocenters. The average molecular weight is 1440 g/mol. The normalized spacial score (nSPS) is 16.0. The highest BCUT2D eigenvalue weighted by Crippen LogP contribution is 2.39. The molecule has 0 bridgehead atoms. The fraction of sp³-hybridized carbons (Fsp3) is 0.347. The molecule has 0 saturated heterocycles. The second kappa shape index (κ2) is 37.7. The van der Waals surface area contributed by atoms with E-state index in [-0.39, 0.29) is 22.3 Å². The van der Waals surface area contributed by atoms with Crippen molar-refractivity contribution in [3.8, 4) is 67.5 Å². The van der Waals surface area contributed by atoms with Gasteiger partial charge in [-0.15, -0.1) is 0 Å². The zero-order valence-electron chi connectivity index (χ0n) is 80.3. The van der Waals surface area contributed by atoms with Gasteiger partial charge in [-0.25, -0.2) is 27.4 Å². The van der Waals surface area contributed by atoms with E-state index in [1.807, 2.05) is 99.1 Å². The minimum Gasteiger partial charge on any atom is -0.201 e. The lowest BCUT2D eigenvalue weighted by Crippen LogP contribution is -2.32. The molecule has 3 fully saturated rings. The van der Waals surface area contributed by atoms with Crippen LogP contribution in [-0.2, 0) is 48.7 Å². The van der Waals surface area contributed by atoms with Crippen molar-refractivity contribution < 1.29 is 46.6 Å². The molecular weight excluding hydrogens is 1300 g/mol. The minimum atomic E-state index is -2.48. The summed E-state index contributed by atoms with van der Waals surface area (Å²) in [5.41, 5.74) is 28.1. The first-order valence-corrected chi connectivity index (χ1v) is 38.5. The molecule has 0 aliphatic heterocycles. The van der Waals surface area contributed by atoms with Crippen LogP contribution < -0.4 is 27.4 Å². The Kier molecular flexibility index (Phi) is 21.9. The lowest BCUT2D eigenvalue weighted by molar-refractivity contribution is -0.661. The maximum atomic E-state index is 7.98. The fourth-order valence-corrected chi connectivity index (χ4v) is 15.7. The smallest absolute Gasteiger partial charge is 0.201 e. The number of hydrogen-bond acceptors (Lipinski definition) is 0. The Morgan fingerprint density at radius 2 is 0.598 bits per heavy atom. The molecule has 0 N–H and O–H groups in total. The van der Waals surface area contributed by atoms with Crippen molar-refractivity contribution in [1.29, 1.82) is 0 Å². The van der Waals surface area contributed by atoms with Crippen LogP contribution in [0.3, 0.4) is 0 Å². The van der Waals surface area contributed by atoms with E-state index < -0.39 is 33.8 Å². The van der Waals surface area contributed by atoms with Gasteiger partial charge in [-0.2, -0.15) is 0 Å². The number of nitrogens with zero attached hydrogens (tertiary/aromatic N) is 6. The predicted octanol–water partition coefficient (Wildman–Crippen LogP) is 22.3. The van der Waals surface area contributed by atoms with Crippen LogP contribution in [0.5, 0.6) is 0 Å². The van der Waals surface area contributed by atoms with Crippen LogP contribution in [0.1, 0.15) is 210 Å². The number of rotatable bonds is 10. The lowest BCUT2D eigenvalue weighted by atomic mass is 9.92. The molecule has 3 aliphatic carbocycles. The third-order valence-corrected chi connectivity index (χ3v) is 22.1. The summed E-state index contributed by atoms with van der Waals surface area (Å²) < 4.78 is 119. The Balaban J connectivity index is 0.000000152. The molecule has 0 spiro atoms. The monoisotopic (exact) mass is 1440 g/mol. The summed E-state index contributed by atoms with van der Waals surface area (Å²) in [6.07, 6.45) is 26.3. The molecular formula is C101H124N6+6. The third kappa shape index (κ3) is 20.3. The number of aryl methyl sites for hydroxylation is 19. The number of benzene rings is 6. The number of pyridine rings is 6. The number of aromatic nitrogens is 6. The van der Waals surface area contributed by atoms with Crippen LogP contribution in [0.2, 0.25) is 0 Å². The minimum absolute atomic E-state index is 0.0554. The molecule has 0 amide bonds. The Morgan fingerprint density at radius 3 is 0.991 bits per heavy atom.